The molecule has 0 aliphatic carbocycles. The number of nitrogens with two attached hydrogens (primary N) is 1. The van der Waals surface area contributed by atoms with Crippen LogP contribution in [0.4, 0.5) is 10.1 Å². The van der Waals surface area contributed by atoms with Gasteiger partial charge in [-0.3, -0.25) is 0 Å². The van der Waals surface area contributed by atoms with Gasteiger partial charge in [0.15, 0.2) is 0 Å². The molecule has 0 fully saturated rings. The maximum absolute atomic E-state index is 13.0. The first-order valence-electron chi connectivity index (χ1n) is 3.25. The van der Waals surface area contributed by atoms with Crippen molar-refractivity contribution in [3.05, 3.63) is 28.5 Å². The second-order valence-electron chi connectivity index (χ2n) is 2.30. The van der Waals surface area contributed by atoms with Crippen LogP contribution in [0.3, 0.4) is 0 Å². The number of nitrogens with zero attached hydrogens (tertiary/aromatic N) is 1. The summed E-state index contributed by atoms with van der Waals surface area (Å²) >= 11 is 5.64. The second kappa shape index (κ2) is 3.42. The van der Waals surface area contributed by atoms with Crippen LogP contribution < -0.4 is 5.73 Å². The Morgan fingerprint density at radius 3 is 2.75 bits per heavy atom. The number of anilines is 1. The summed E-state index contributed by atoms with van der Waals surface area (Å²) in [6.45, 7) is 0. The lowest BCUT2D eigenvalue weighted by molar-refractivity contribution is 0.616. The predicted molar refractivity (Wildman–Crippen MR) is 45.1 cm³/mol. The number of hydrogen-bond acceptors (Lipinski definition) is 2. The Kier molecular flexibility index (Phi) is 2.51. The van der Waals surface area contributed by atoms with E-state index in [9.17, 15) is 4.39 Å². The van der Waals surface area contributed by atoms with Crippen molar-refractivity contribution >= 4 is 17.3 Å². The fourth-order valence-corrected chi connectivity index (χ4v) is 1.15. The number of benzene rings is 1. The van der Waals surface area contributed by atoms with Gasteiger partial charge in [-0.05, 0) is 12.1 Å². The van der Waals surface area contributed by atoms with E-state index < -0.39 is 5.82 Å². The molecule has 4 heteroatoms. The summed E-state index contributed by atoms with van der Waals surface area (Å²) in [7, 11) is 0. The van der Waals surface area contributed by atoms with E-state index in [1.165, 1.54) is 6.07 Å². The first kappa shape index (κ1) is 8.82. The van der Waals surface area contributed by atoms with E-state index in [0.717, 1.165) is 6.07 Å². The number of halogens is 2. The molecule has 0 radical (unpaired) electrons. The zero-order chi connectivity index (χ0) is 9.14. The van der Waals surface area contributed by atoms with E-state index in [-0.39, 0.29) is 22.7 Å². The van der Waals surface area contributed by atoms with E-state index in [2.05, 4.69) is 0 Å². The third-order valence-corrected chi connectivity index (χ3v) is 1.76. The Hall–Kier alpha value is -1.27. The highest BCUT2D eigenvalue weighted by atomic mass is 35.5. The average Bonchev–Trinajstić information content (AvgIpc) is 1.96. The molecule has 0 aliphatic rings. The van der Waals surface area contributed by atoms with Gasteiger partial charge in [0, 0.05) is 16.3 Å². The molecule has 1 aromatic rings. The Morgan fingerprint density at radius 2 is 2.25 bits per heavy atom. The van der Waals surface area contributed by atoms with Gasteiger partial charge in [0.1, 0.15) is 5.82 Å². The summed E-state index contributed by atoms with van der Waals surface area (Å²) in [6.07, 6.45) is -0.0368. The maximum atomic E-state index is 13.0. The average molecular weight is 185 g/mol. The molecule has 0 saturated heterocycles. The summed E-state index contributed by atoms with van der Waals surface area (Å²) in [5.41, 5.74) is 5.78. The van der Waals surface area contributed by atoms with Crippen LogP contribution in [0.15, 0.2) is 12.1 Å². The van der Waals surface area contributed by atoms with Crippen LogP contribution in [0, 0.1) is 17.1 Å². The number of hydrogen-bond donors (Lipinski definition) is 1. The maximum Gasteiger partial charge on any atom is 0.130 e. The molecular weight excluding hydrogens is 179 g/mol. The highest BCUT2D eigenvalue weighted by Crippen LogP contribution is 2.22. The quantitative estimate of drug-likeness (QED) is 0.680. The van der Waals surface area contributed by atoms with Crippen molar-refractivity contribution in [2.75, 3.05) is 5.73 Å². The van der Waals surface area contributed by atoms with Crippen LogP contribution in [0.25, 0.3) is 0 Å². The fraction of sp³-hybridized carbons (Fsp3) is 0.125. The minimum atomic E-state index is -0.526. The fourth-order valence-electron chi connectivity index (χ4n) is 0.871. The van der Waals surface area contributed by atoms with Gasteiger partial charge in [-0.25, -0.2) is 4.39 Å². The molecule has 62 valence electrons. The summed E-state index contributed by atoms with van der Waals surface area (Å²) in [6, 6.07) is 4.40. The number of nitrogen functional groups attached to an aromatic ring is 1. The molecule has 0 aromatic heterocycles. The predicted octanol–water partition coefficient (Wildman–Crippen LogP) is 2.13. The number of nitriles is 1. The Bertz CT molecular complexity index is 320. The van der Waals surface area contributed by atoms with Gasteiger partial charge in [0.05, 0.1) is 12.5 Å². The first-order valence-corrected chi connectivity index (χ1v) is 3.63. The van der Waals surface area contributed by atoms with E-state index in [4.69, 9.17) is 22.6 Å². The van der Waals surface area contributed by atoms with Crippen LogP contribution >= 0.6 is 11.6 Å². The molecule has 12 heavy (non-hydrogen) atoms. The highest BCUT2D eigenvalue weighted by molar-refractivity contribution is 6.31. The van der Waals surface area contributed by atoms with Gasteiger partial charge in [-0.15, -0.1) is 0 Å². The van der Waals surface area contributed by atoms with Gasteiger partial charge in [0.2, 0.25) is 0 Å². The second-order valence-corrected chi connectivity index (χ2v) is 2.71. The molecule has 0 atom stereocenters. The normalized spacial score (nSPS) is 9.42. The van der Waals surface area contributed by atoms with Gasteiger partial charge in [-0.1, -0.05) is 11.6 Å². The Balaban J connectivity index is 3.21. The molecule has 0 amide bonds. The molecule has 0 aliphatic heterocycles. The topological polar surface area (TPSA) is 49.8 Å². The van der Waals surface area contributed by atoms with Crippen molar-refractivity contribution in [2.24, 2.45) is 0 Å². The van der Waals surface area contributed by atoms with Crippen LogP contribution in [0.5, 0.6) is 0 Å². The lowest BCUT2D eigenvalue weighted by atomic mass is 10.1. The van der Waals surface area contributed by atoms with Crippen molar-refractivity contribution in [3.63, 3.8) is 0 Å². The molecule has 0 saturated carbocycles. The van der Waals surface area contributed by atoms with E-state index in [1.807, 2.05) is 6.07 Å². The zero-order valence-corrected chi connectivity index (χ0v) is 6.90. The lowest BCUT2D eigenvalue weighted by Crippen LogP contribution is -1.93. The monoisotopic (exact) mass is 184 g/mol. The van der Waals surface area contributed by atoms with E-state index in [1.54, 1.807) is 0 Å². The standard InChI is InChI=1S/C8H6ClFN2/c9-7-3-5(12)4-8(10)6(7)1-2-11/h3-4H,1,12H2. The summed E-state index contributed by atoms with van der Waals surface area (Å²) in [5.74, 6) is -0.526. The molecule has 0 spiro atoms. The Labute approximate surface area is 74.4 Å². The molecule has 0 bridgehead atoms. The summed E-state index contributed by atoms with van der Waals surface area (Å²) < 4.78 is 13.0. The van der Waals surface area contributed by atoms with Gasteiger partial charge in [0.25, 0.3) is 0 Å². The van der Waals surface area contributed by atoms with Crippen LogP contribution in [0.1, 0.15) is 5.56 Å². The van der Waals surface area contributed by atoms with Crippen molar-refractivity contribution < 1.29 is 4.39 Å². The summed E-state index contributed by atoms with van der Waals surface area (Å²) in [4.78, 5) is 0. The highest BCUT2D eigenvalue weighted by Gasteiger charge is 2.07. The molecule has 2 N–H and O–H groups in total. The van der Waals surface area contributed by atoms with Crippen LogP contribution in [-0.2, 0) is 6.42 Å². The van der Waals surface area contributed by atoms with E-state index in [0.29, 0.717) is 0 Å². The van der Waals surface area contributed by atoms with Crippen molar-refractivity contribution in [3.8, 4) is 6.07 Å². The molecule has 0 unspecified atom stereocenters. The van der Waals surface area contributed by atoms with Crippen LogP contribution in [-0.4, -0.2) is 0 Å². The molecule has 0 heterocycles. The lowest BCUT2D eigenvalue weighted by Gasteiger charge is -2.02. The smallest absolute Gasteiger partial charge is 0.130 e. The van der Waals surface area contributed by atoms with Crippen LogP contribution in [0.2, 0.25) is 5.02 Å². The third-order valence-electron chi connectivity index (χ3n) is 1.42. The minimum absolute atomic E-state index is 0.0368. The van der Waals surface area contributed by atoms with Crippen molar-refractivity contribution in [1.82, 2.24) is 0 Å². The van der Waals surface area contributed by atoms with Crippen molar-refractivity contribution in [1.29, 1.82) is 5.26 Å². The minimum Gasteiger partial charge on any atom is -0.399 e. The third kappa shape index (κ3) is 1.66. The van der Waals surface area contributed by atoms with Crippen molar-refractivity contribution in [2.45, 2.75) is 6.42 Å². The zero-order valence-electron chi connectivity index (χ0n) is 6.14. The SMILES string of the molecule is N#CCc1c(F)cc(N)cc1Cl. The first-order chi connectivity index (χ1) is 5.65. The molecule has 2 nitrogen and oxygen atoms in total. The molecule has 1 aromatic carbocycles. The summed E-state index contributed by atoms with van der Waals surface area (Å²) in [5, 5.41) is 8.53. The van der Waals surface area contributed by atoms with Gasteiger partial charge < -0.3 is 5.73 Å². The van der Waals surface area contributed by atoms with Gasteiger partial charge >= 0.3 is 0 Å². The van der Waals surface area contributed by atoms with Gasteiger partial charge in [-0.2, -0.15) is 5.26 Å². The Morgan fingerprint density at radius 1 is 1.58 bits per heavy atom. The molecular formula is C8H6ClFN2. The molecule has 1 rings (SSSR count). The van der Waals surface area contributed by atoms with E-state index >= 15 is 0 Å². The number of rotatable bonds is 1. The largest absolute Gasteiger partial charge is 0.399 e.